The van der Waals surface area contributed by atoms with Crippen LogP contribution in [-0.4, -0.2) is 74.6 Å². The van der Waals surface area contributed by atoms with Gasteiger partial charge in [0.2, 0.25) is 15.9 Å². The zero-order valence-electron chi connectivity index (χ0n) is 24.6. The van der Waals surface area contributed by atoms with Gasteiger partial charge in [0.15, 0.2) is 5.78 Å². The van der Waals surface area contributed by atoms with E-state index in [0.717, 1.165) is 52.6 Å². The summed E-state index contributed by atoms with van der Waals surface area (Å²) in [5.74, 6) is 0.0480. The minimum atomic E-state index is -3.52. The molecule has 2 aromatic rings. The highest BCUT2D eigenvalue weighted by Gasteiger charge is 2.53. The highest BCUT2D eigenvalue weighted by Crippen LogP contribution is 2.50. The van der Waals surface area contributed by atoms with Crippen LogP contribution in [0.25, 0.3) is 0 Å². The third kappa shape index (κ3) is 6.09. The van der Waals surface area contributed by atoms with Gasteiger partial charge in [-0.25, -0.2) is 12.7 Å². The van der Waals surface area contributed by atoms with E-state index in [9.17, 15) is 18.0 Å². The molecule has 0 spiro atoms. The number of carbonyl (C=O) groups excluding carboxylic acids is 2. The molecule has 0 N–H and O–H groups in total. The smallest absolute Gasteiger partial charge is 0.233 e. The first kappa shape index (κ1) is 30.9. The average Bonchev–Trinajstić information content (AvgIpc) is 3.51. The third-order valence-corrected chi connectivity index (χ3v) is 12.4. The quantitative estimate of drug-likeness (QED) is 0.300. The molecule has 1 aliphatic heterocycles. The molecule has 2 atom stereocenters. The normalized spacial score (nSPS) is 21.2. The lowest BCUT2D eigenvalue weighted by atomic mass is 9.80. The molecule has 8 nitrogen and oxygen atoms in total. The molecule has 1 aromatic heterocycles. The summed E-state index contributed by atoms with van der Waals surface area (Å²) in [6.07, 6.45) is 4.67. The van der Waals surface area contributed by atoms with Crippen LogP contribution in [0.15, 0.2) is 52.7 Å². The van der Waals surface area contributed by atoms with Crippen LogP contribution < -0.4 is 4.74 Å². The van der Waals surface area contributed by atoms with Gasteiger partial charge >= 0.3 is 0 Å². The molecule has 3 aliphatic rings. The molecular formula is C31H38ClN3O5S2. The lowest BCUT2D eigenvalue weighted by molar-refractivity contribution is -0.133. The topological polar surface area (TPSA) is 96.3 Å². The molecule has 2 aliphatic carbocycles. The number of aryl methyl sites for hydroxylation is 1. The summed E-state index contributed by atoms with van der Waals surface area (Å²) in [5.41, 5.74) is 2.39. The Morgan fingerprint density at radius 3 is 2.38 bits per heavy atom. The van der Waals surface area contributed by atoms with E-state index in [-0.39, 0.29) is 11.7 Å². The fourth-order valence-electron chi connectivity index (χ4n) is 5.98. The van der Waals surface area contributed by atoms with Gasteiger partial charge in [-0.05, 0) is 80.9 Å². The van der Waals surface area contributed by atoms with Crippen molar-refractivity contribution in [3.8, 4) is 5.75 Å². The molecule has 2 saturated carbocycles. The number of hydrogen-bond donors (Lipinski definition) is 0. The summed E-state index contributed by atoms with van der Waals surface area (Å²) < 4.78 is 32.7. The Balaban J connectivity index is 1.33. The first-order valence-corrected chi connectivity index (χ1v) is 17.1. The van der Waals surface area contributed by atoms with Crippen LogP contribution in [0, 0.1) is 5.92 Å². The summed E-state index contributed by atoms with van der Waals surface area (Å²) in [5, 5.41) is -0.706. The van der Waals surface area contributed by atoms with E-state index in [1.54, 1.807) is 18.4 Å². The van der Waals surface area contributed by atoms with Gasteiger partial charge in [-0.2, -0.15) is 0 Å². The molecule has 0 radical (unpaired) electrons. The van der Waals surface area contributed by atoms with E-state index in [1.807, 2.05) is 48.2 Å². The second kappa shape index (κ2) is 12.2. The minimum Gasteiger partial charge on any atom is -0.497 e. The Kier molecular flexibility index (Phi) is 9.00. The number of thiophene rings is 1. The summed E-state index contributed by atoms with van der Waals surface area (Å²) in [6.45, 7) is 2.77. The van der Waals surface area contributed by atoms with Crippen molar-refractivity contribution in [1.29, 1.82) is 0 Å². The molecule has 42 heavy (non-hydrogen) atoms. The number of carbonyl (C=O) groups is 2. The molecular weight excluding hydrogens is 594 g/mol. The summed E-state index contributed by atoms with van der Waals surface area (Å²) in [7, 11) is 1.11. The number of Topliss-reactive ketones (excluding diaryl/α,β-unsaturated/α-hetero) is 1. The number of nitrogens with zero attached hydrogens (tertiary/aromatic N) is 3. The number of amides is 1. The number of aliphatic imine (C=N–C) groups is 1. The van der Waals surface area contributed by atoms with E-state index in [0.29, 0.717) is 38.0 Å². The van der Waals surface area contributed by atoms with Crippen molar-refractivity contribution in [2.45, 2.75) is 62.5 Å². The summed E-state index contributed by atoms with van der Waals surface area (Å²) in [6, 6.07) is 11.7. The van der Waals surface area contributed by atoms with Crippen LogP contribution in [-0.2, 0) is 31.4 Å². The molecule has 11 heteroatoms. The van der Waals surface area contributed by atoms with Crippen molar-refractivity contribution in [3.63, 3.8) is 0 Å². The van der Waals surface area contributed by atoms with Gasteiger partial charge in [-0.3, -0.25) is 14.6 Å². The van der Waals surface area contributed by atoms with Gasteiger partial charge < -0.3 is 9.64 Å². The molecule has 1 amide bonds. The molecule has 2 fully saturated rings. The Hall–Kier alpha value is -2.53. The maximum absolute atomic E-state index is 14.2. The van der Waals surface area contributed by atoms with E-state index in [1.165, 1.54) is 23.3 Å². The van der Waals surface area contributed by atoms with Gasteiger partial charge in [-0.1, -0.05) is 23.7 Å². The van der Waals surface area contributed by atoms with Crippen LogP contribution in [0.5, 0.6) is 5.75 Å². The van der Waals surface area contributed by atoms with Crippen LogP contribution in [0.1, 0.15) is 55.9 Å². The first-order chi connectivity index (χ1) is 20.0. The predicted molar refractivity (Wildman–Crippen MR) is 167 cm³/mol. The molecule has 5 rings (SSSR count). The summed E-state index contributed by atoms with van der Waals surface area (Å²) in [4.78, 5) is 35.4. The van der Waals surface area contributed by atoms with Crippen molar-refractivity contribution in [2.75, 3.05) is 34.3 Å². The van der Waals surface area contributed by atoms with Gasteiger partial charge in [0.25, 0.3) is 0 Å². The Morgan fingerprint density at radius 1 is 1.12 bits per heavy atom. The number of halogens is 1. The zero-order valence-corrected chi connectivity index (χ0v) is 26.9. The van der Waals surface area contributed by atoms with E-state index in [2.05, 4.69) is 0 Å². The van der Waals surface area contributed by atoms with E-state index >= 15 is 0 Å². The van der Waals surface area contributed by atoms with Crippen LogP contribution in [0.2, 0.25) is 4.34 Å². The van der Waals surface area contributed by atoms with E-state index < -0.39 is 26.6 Å². The predicted octanol–water partition coefficient (Wildman–Crippen LogP) is 5.26. The SMILES string of the molecule is COc1ccc(C2(C(=O)N(CCCc3ccc(Cl)s3)CC3=NC(C(=O)C4CCC4S(=O)(=O)N(C)C)=C(C)C3)CC2)cc1. The second-order valence-corrected chi connectivity index (χ2v) is 15.9. The molecule has 2 unspecified atom stereocenters. The van der Waals surface area contributed by atoms with Gasteiger partial charge in [0, 0.05) is 43.6 Å². The maximum Gasteiger partial charge on any atom is 0.233 e. The number of methoxy groups -OCH3 is 1. The molecule has 226 valence electrons. The molecule has 2 heterocycles. The fraction of sp³-hybridized carbons (Fsp3) is 0.516. The molecule has 0 bridgehead atoms. The fourth-order valence-corrected chi connectivity index (χ4v) is 8.76. The average molecular weight is 632 g/mol. The van der Waals surface area contributed by atoms with Crippen LogP contribution in [0.3, 0.4) is 0 Å². The highest BCUT2D eigenvalue weighted by atomic mass is 35.5. The lowest BCUT2D eigenvalue weighted by Crippen LogP contribution is -2.48. The maximum atomic E-state index is 14.2. The van der Waals surface area contributed by atoms with Crippen LogP contribution in [0.4, 0.5) is 0 Å². The van der Waals surface area contributed by atoms with Crippen molar-refractivity contribution < 1.29 is 22.7 Å². The number of rotatable bonds is 13. The Morgan fingerprint density at radius 2 is 1.83 bits per heavy atom. The number of ketones is 1. The number of allylic oxidation sites excluding steroid dienone is 2. The van der Waals surface area contributed by atoms with E-state index in [4.69, 9.17) is 21.3 Å². The van der Waals surface area contributed by atoms with Gasteiger partial charge in [0.1, 0.15) is 11.4 Å². The monoisotopic (exact) mass is 631 g/mol. The number of hydrogen-bond acceptors (Lipinski definition) is 7. The third-order valence-electron chi connectivity index (χ3n) is 8.76. The van der Waals surface area contributed by atoms with Gasteiger partial charge in [-0.15, -0.1) is 11.3 Å². The van der Waals surface area contributed by atoms with Crippen molar-refractivity contribution in [2.24, 2.45) is 10.9 Å². The molecule has 1 aromatic carbocycles. The highest BCUT2D eigenvalue weighted by molar-refractivity contribution is 7.89. The van der Waals surface area contributed by atoms with Crippen LogP contribution >= 0.6 is 22.9 Å². The Labute approximate surface area is 257 Å². The largest absolute Gasteiger partial charge is 0.497 e. The Bertz CT molecular complexity index is 1520. The van der Waals surface area contributed by atoms with Crippen molar-refractivity contribution >= 4 is 50.4 Å². The zero-order chi connectivity index (χ0) is 30.2. The standard InChI is InChI=1S/C31H38ClN3O5S2/c1-20-18-22(33-28(20)29(36)25-12-13-26(25)42(38,39)34(2)3)19-35(17-5-6-24-11-14-27(32)41-24)30(37)31(15-16-31)21-7-9-23(40-4)10-8-21/h7-11,14,25-26H,5-6,12-13,15-19H2,1-4H3. The van der Waals surface area contributed by atoms with Crippen molar-refractivity contribution in [3.05, 3.63) is 62.4 Å². The number of benzene rings is 1. The first-order valence-electron chi connectivity index (χ1n) is 14.4. The number of sulfonamides is 1. The van der Waals surface area contributed by atoms with Gasteiger partial charge in [0.05, 0.1) is 28.7 Å². The number of ether oxygens (including phenoxy) is 1. The second-order valence-electron chi connectivity index (χ2n) is 11.7. The van der Waals surface area contributed by atoms with Crippen molar-refractivity contribution in [1.82, 2.24) is 9.21 Å². The summed E-state index contributed by atoms with van der Waals surface area (Å²) >= 11 is 7.68. The lowest BCUT2D eigenvalue weighted by Gasteiger charge is -2.36. The minimum absolute atomic E-state index is 0.0770. The molecule has 0 saturated heterocycles.